The molecule has 3 heterocycles. The molecule has 0 fully saturated rings. The lowest BCUT2D eigenvalue weighted by Gasteiger charge is -2.35. The second-order valence-electron chi connectivity index (χ2n) is 7.53. The first-order valence-electron chi connectivity index (χ1n) is 10.2. The number of aromatic nitrogens is 2. The van der Waals surface area contributed by atoms with Crippen molar-refractivity contribution < 1.29 is 18.1 Å². The molecule has 4 aromatic rings. The fourth-order valence-corrected chi connectivity index (χ4v) is 4.48. The average Bonchev–Trinajstić information content (AvgIpc) is 3.49. The number of halogens is 2. The van der Waals surface area contributed by atoms with Crippen LogP contribution in [-0.4, -0.2) is 21.1 Å². The maximum Gasteiger partial charge on any atom is 0.322 e. The van der Waals surface area contributed by atoms with E-state index in [2.05, 4.69) is 15.5 Å². The van der Waals surface area contributed by atoms with Crippen molar-refractivity contribution in [2.24, 2.45) is 0 Å². The molecule has 166 valence electrons. The van der Waals surface area contributed by atoms with Gasteiger partial charge in [-0.05, 0) is 48.2 Å². The second-order valence-corrected chi connectivity index (χ2v) is 8.56. The van der Waals surface area contributed by atoms with Crippen LogP contribution in [-0.2, 0) is 6.54 Å². The molecule has 1 unspecified atom stereocenters. The van der Waals surface area contributed by atoms with Crippen molar-refractivity contribution in [1.29, 1.82) is 0 Å². The molecule has 6 nitrogen and oxygen atoms in total. The Balaban J connectivity index is 1.60. The molecule has 0 radical (unpaired) electrons. The zero-order chi connectivity index (χ0) is 22.9. The molecule has 5 rings (SSSR count). The summed E-state index contributed by atoms with van der Waals surface area (Å²) < 4.78 is 32.8. The Morgan fingerprint density at radius 1 is 1.09 bits per heavy atom. The van der Waals surface area contributed by atoms with Crippen LogP contribution in [0.2, 0.25) is 0 Å². The van der Waals surface area contributed by atoms with Gasteiger partial charge in [0.05, 0.1) is 18.2 Å². The summed E-state index contributed by atoms with van der Waals surface area (Å²) in [7, 11) is 0. The third-order valence-corrected chi connectivity index (χ3v) is 6.29. The maximum absolute atomic E-state index is 13.7. The molecule has 33 heavy (non-hydrogen) atoms. The molecule has 1 N–H and O–H groups in total. The van der Waals surface area contributed by atoms with Crippen molar-refractivity contribution in [3.05, 3.63) is 99.7 Å². The molecule has 2 aromatic heterocycles. The number of nitrogens with zero attached hydrogens (tertiary/aromatic N) is 3. The average molecular weight is 464 g/mol. The number of carbonyl (C=O) groups excluding carboxylic acids is 1. The van der Waals surface area contributed by atoms with E-state index in [9.17, 15) is 13.6 Å². The number of allylic oxidation sites excluding steroid dienone is 1. The van der Waals surface area contributed by atoms with Gasteiger partial charge in [-0.2, -0.15) is 4.98 Å². The minimum Gasteiger partial charge on any atom is -0.334 e. The second kappa shape index (κ2) is 8.59. The Bertz CT molecular complexity index is 1330. The molecule has 0 bridgehead atoms. The Morgan fingerprint density at radius 3 is 2.64 bits per heavy atom. The molecule has 1 aliphatic rings. The van der Waals surface area contributed by atoms with Crippen molar-refractivity contribution in [2.45, 2.75) is 19.5 Å². The monoisotopic (exact) mass is 464 g/mol. The van der Waals surface area contributed by atoms with Gasteiger partial charge in [0.1, 0.15) is 11.6 Å². The Hall–Kier alpha value is -3.85. The van der Waals surface area contributed by atoms with E-state index in [0.29, 0.717) is 28.9 Å². The summed E-state index contributed by atoms with van der Waals surface area (Å²) in [6, 6.07) is 14.7. The van der Waals surface area contributed by atoms with E-state index in [1.165, 1.54) is 24.3 Å². The fraction of sp³-hybridized carbons (Fsp3) is 0.125. The highest BCUT2D eigenvalue weighted by atomic mass is 32.1. The third kappa shape index (κ3) is 4.14. The first-order valence-corrected chi connectivity index (χ1v) is 11.0. The summed E-state index contributed by atoms with van der Waals surface area (Å²) in [6.45, 7) is 2.18. The topological polar surface area (TPSA) is 71.3 Å². The summed E-state index contributed by atoms with van der Waals surface area (Å²) >= 11 is 1.55. The standard InChI is InChI=1S/C24H18F2N4O2S/c1-14-20(23-28-22(29-32-23)16-4-2-5-18(26)12-16)21(15-7-9-17(25)10-8-15)27-24(31)30(14)13-19-6-3-11-33-19/h2-12,21H,13H2,1H3,(H,27,31). The number of thiophene rings is 1. The lowest BCUT2D eigenvalue weighted by Crippen LogP contribution is -2.45. The van der Waals surface area contributed by atoms with Crippen LogP contribution in [0, 0.1) is 11.6 Å². The zero-order valence-corrected chi connectivity index (χ0v) is 18.3. The van der Waals surface area contributed by atoms with Crippen molar-refractivity contribution in [1.82, 2.24) is 20.4 Å². The van der Waals surface area contributed by atoms with Gasteiger partial charge < -0.3 is 9.84 Å². The van der Waals surface area contributed by atoms with E-state index in [4.69, 9.17) is 4.52 Å². The van der Waals surface area contributed by atoms with E-state index in [-0.39, 0.29) is 23.6 Å². The summed E-state index contributed by atoms with van der Waals surface area (Å²) in [5, 5.41) is 8.94. The number of rotatable bonds is 5. The van der Waals surface area contributed by atoms with Gasteiger partial charge in [0.25, 0.3) is 5.89 Å². The fourth-order valence-electron chi connectivity index (χ4n) is 3.79. The van der Waals surface area contributed by atoms with Crippen LogP contribution in [0.25, 0.3) is 17.0 Å². The summed E-state index contributed by atoms with van der Waals surface area (Å²) in [4.78, 5) is 20.1. The van der Waals surface area contributed by atoms with Crippen molar-refractivity contribution in [3.8, 4) is 11.4 Å². The molecular formula is C24H18F2N4O2S. The predicted octanol–water partition coefficient (Wildman–Crippen LogP) is 5.77. The quantitative estimate of drug-likeness (QED) is 0.407. The number of hydrogen-bond acceptors (Lipinski definition) is 5. The molecule has 1 atom stereocenters. The molecule has 0 saturated carbocycles. The molecule has 9 heteroatoms. The van der Waals surface area contributed by atoms with Gasteiger partial charge in [-0.3, -0.25) is 4.90 Å². The molecule has 0 spiro atoms. The molecule has 1 aliphatic heterocycles. The normalized spacial score (nSPS) is 16.3. The van der Waals surface area contributed by atoms with Crippen LogP contribution < -0.4 is 5.32 Å². The number of benzene rings is 2. The molecule has 0 saturated heterocycles. The minimum atomic E-state index is -0.626. The van der Waals surface area contributed by atoms with Gasteiger partial charge in [-0.1, -0.05) is 35.5 Å². The third-order valence-electron chi connectivity index (χ3n) is 5.43. The summed E-state index contributed by atoms with van der Waals surface area (Å²) in [5.74, 6) is -0.374. The largest absolute Gasteiger partial charge is 0.334 e. The van der Waals surface area contributed by atoms with E-state index >= 15 is 0 Å². The minimum absolute atomic E-state index is 0.192. The van der Waals surface area contributed by atoms with Gasteiger partial charge in [0.15, 0.2) is 0 Å². The van der Waals surface area contributed by atoms with E-state index in [0.717, 1.165) is 4.88 Å². The molecule has 2 amide bonds. The SMILES string of the molecule is CC1=C(c2nc(-c3cccc(F)c3)no2)C(c2ccc(F)cc2)NC(=O)N1Cc1cccs1. The first-order chi connectivity index (χ1) is 16.0. The predicted molar refractivity (Wildman–Crippen MR) is 120 cm³/mol. The summed E-state index contributed by atoms with van der Waals surface area (Å²) in [5.41, 5.74) is 2.36. The number of amides is 2. The number of carbonyl (C=O) groups is 1. The van der Waals surface area contributed by atoms with Crippen LogP contribution >= 0.6 is 11.3 Å². The van der Waals surface area contributed by atoms with Crippen LogP contribution in [0.4, 0.5) is 13.6 Å². The Labute approximate surface area is 192 Å². The highest BCUT2D eigenvalue weighted by Crippen LogP contribution is 2.38. The van der Waals surface area contributed by atoms with E-state index < -0.39 is 11.9 Å². The van der Waals surface area contributed by atoms with Crippen LogP contribution in [0.5, 0.6) is 0 Å². The Kier molecular flexibility index (Phi) is 5.47. The smallest absolute Gasteiger partial charge is 0.322 e. The lowest BCUT2D eigenvalue weighted by atomic mass is 9.94. The van der Waals surface area contributed by atoms with Crippen molar-refractivity contribution in [2.75, 3.05) is 0 Å². The van der Waals surface area contributed by atoms with Gasteiger partial charge in [-0.25, -0.2) is 13.6 Å². The molecule has 0 aliphatic carbocycles. The van der Waals surface area contributed by atoms with Gasteiger partial charge in [0.2, 0.25) is 5.82 Å². The number of urea groups is 1. The zero-order valence-electron chi connectivity index (χ0n) is 17.5. The van der Waals surface area contributed by atoms with Crippen molar-refractivity contribution in [3.63, 3.8) is 0 Å². The van der Waals surface area contributed by atoms with E-state index in [1.807, 2.05) is 24.4 Å². The highest BCUT2D eigenvalue weighted by molar-refractivity contribution is 7.09. The van der Waals surface area contributed by atoms with Crippen molar-refractivity contribution >= 4 is 22.9 Å². The van der Waals surface area contributed by atoms with Gasteiger partial charge in [0, 0.05) is 16.1 Å². The highest BCUT2D eigenvalue weighted by Gasteiger charge is 2.36. The summed E-state index contributed by atoms with van der Waals surface area (Å²) in [6.07, 6.45) is 0. The van der Waals surface area contributed by atoms with E-state index in [1.54, 1.807) is 40.5 Å². The van der Waals surface area contributed by atoms with Crippen LogP contribution in [0.15, 0.2) is 76.3 Å². The molecule has 2 aromatic carbocycles. The molecular weight excluding hydrogens is 446 g/mol. The lowest BCUT2D eigenvalue weighted by molar-refractivity contribution is 0.203. The van der Waals surface area contributed by atoms with Gasteiger partial charge >= 0.3 is 6.03 Å². The van der Waals surface area contributed by atoms with Crippen LogP contribution in [0.1, 0.15) is 29.3 Å². The maximum atomic E-state index is 13.7. The van der Waals surface area contributed by atoms with Crippen LogP contribution in [0.3, 0.4) is 0 Å². The Morgan fingerprint density at radius 2 is 1.91 bits per heavy atom. The number of nitrogens with one attached hydrogen (secondary N) is 1. The van der Waals surface area contributed by atoms with Gasteiger partial charge in [-0.15, -0.1) is 11.3 Å². The first kappa shape index (κ1) is 21.0. The number of hydrogen-bond donors (Lipinski definition) is 1.